The lowest BCUT2D eigenvalue weighted by atomic mass is 10.2. The number of carbonyl (C=O) groups excluding carboxylic acids is 1. The Hall–Kier alpha value is -1.47. The Kier molecular flexibility index (Phi) is 5.27. The molecule has 0 unspecified atom stereocenters. The van der Waals surface area contributed by atoms with Gasteiger partial charge in [0, 0.05) is 11.0 Å². The molecule has 3 rings (SSSR count). The van der Waals surface area contributed by atoms with Crippen molar-refractivity contribution in [1.82, 2.24) is 10.4 Å². The predicted octanol–water partition coefficient (Wildman–Crippen LogP) is 4.36. The van der Waals surface area contributed by atoms with Gasteiger partial charge in [-0.25, -0.2) is 10.4 Å². The first-order valence-corrected chi connectivity index (χ1v) is 8.96. The number of hydrogen-bond donors (Lipinski definition) is 1. The molecule has 0 bridgehead atoms. The van der Waals surface area contributed by atoms with Gasteiger partial charge in [0.15, 0.2) is 4.32 Å². The van der Waals surface area contributed by atoms with E-state index in [9.17, 15) is 4.79 Å². The van der Waals surface area contributed by atoms with E-state index in [-0.39, 0.29) is 5.91 Å². The van der Waals surface area contributed by atoms with E-state index in [0.29, 0.717) is 15.8 Å². The lowest BCUT2D eigenvalue weighted by Crippen LogP contribution is -2.40. The number of hydrazine groups is 1. The molecule has 1 aliphatic rings. The summed E-state index contributed by atoms with van der Waals surface area (Å²) in [5.41, 5.74) is 5.16. The highest BCUT2D eigenvalue weighted by Gasteiger charge is 2.31. The van der Waals surface area contributed by atoms with Crippen molar-refractivity contribution in [3.05, 3.63) is 75.1 Å². The van der Waals surface area contributed by atoms with Gasteiger partial charge in [-0.2, -0.15) is 0 Å². The van der Waals surface area contributed by atoms with Crippen LogP contribution in [0.25, 0.3) is 6.08 Å². The van der Waals surface area contributed by atoms with Crippen LogP contribution in [-0.4, -0.2) is 15.2 Å². The summed E-state index contributed by atoms with van der Waals surface area (Å²) in [4.78, 5) is 13.1. The SMILES string of the molecule is O=C1/C(=C\c2ccc(Br)cc2)SC(=S)N1NCc1ccccc1. The van der Waals surface area contributed by atoms with Crippen molar-refractivity contribution in [3.63, 3.8) is 0 Å². The van der Waals surface area contributed by atoms with Crippen LogP contribution in [-0.2, 0) is 11.3 Å². The minimum atomic E-state index is -0.112. The summed E-state index contributed by atoms with van der Waals surface area (Å²) in [5, 5.41) is 1.44. The largest absolute Gasteiger partial charge is 0.280 e. The van der Waals surface area contributed by atoms with Crippen LogP contribution in [0.15, 0.2) is 64.0 Å². The predicted molar refractivity (Wildman–Crippen MR) is 102 cm³/mol. The van der Waals surface area contributed by atoms with Crippen LogP contribution in [0.2, 0.25) is 0 Å². The Morgan fingerprint density at radius 2 is 1.83 bits per heavy atom. The Morgan fingerprint density at radius 3 is 2.52 bits per heavy atom. The second-order valence-electron chi connectivity index (χ2n) is 4.89. The molecule has 0 saturated carbocycles. The van der Waals surface area contributed by atoms with Crippen molar-refractivity contribution in [2.75, 3.05) is 0 Å². The summed E-state index contributed by atoms with van der Waals surface area (Å²) in [7, 11) is 0. The van der Waals surface area contributed by atoms with E-state index in [1.165, 1.54) is 16.8 Å². The summed E-state index contributed by atoms with van der Waals surface area (Å²) in [6, 6.07) is 17.7. The molecule has 1 amide bonds. The monoisotopic (exact) mass is 404 g/mol. The van der Waals surface area contributed by atoms with Crippen molar-refractivity contribution < 1.29 is 4.79 Å². The molecular formula is C17H13BrN2OS2. The Balaban J connectivity index is 1.71. The molecule has 6 heteroatoms. The molecular weight excluding hydrogens is 392 g/mol. The van der Waals surface area contributed by atoms with E-state index in [1.807, 2.05) is 60.7 Å². The van der Waals surface area contributed by atoms with Gasteiger partial charge in [0.25, 0.3) is 5.91 Å². The highest BCUT2D eigenvalue weighted by Crippen LogP contribution is 2.31. The first kappa shape index (κ1) is 16.4. The van der Waals surface area contributed by atoms with Gasteiger partial charge in [0.05, 0.1) is 4.91 Å². The quantitative estimate of drug-likeness (QED) is 0.606. The van der Waals surface area contributed by atoms with Gasteiger partial charge in [-0.3, -0.25) is 4.79 Å². The summed E-state index contributed by atoms with van der Waals surface area (Å²) >= 11 is 10.0. The fraction of sp³-hybridized carbons (Fsp3) is 0.0588. The van der Waals surface area contributed by atoms with Crippen molar-refractivity contribution in [1.29, 1.82) is 0 Å². The van der Waals surface area contributed by atoms with E-state index in [2.05, 4.69) is 21.4 Å². The Bertz CT molecular complexity index is 760. The maximum absolute atomic E-state index is 12.5. The first-order valence-electron chi connectivity index (χ1n) is 6.94. The van der Waals surface area contributed by atoms with Crippen LogP contribution in [0.3, 0.4) is 0 Å². The van der Waals surface area contributed by atoms with Crippen LogP contribution in [0.5, 0.6) is 0 Å². The van der Waals surface area contributed by atoms with Crippen molar-refractivity contribution in [2.45, 2.75) is 6.54 Å². The minimum Gasteiger partial charge on any atom is -0.267 e. The lowest BCUT2D eigenvalue weighted by Gasteiger charge is -2.15. The molecule has 23 heavy (non-hydrogen) atoms. The molecule has 1 N–H and O–H groups in total. The summed E-state index contributed by atoms with van der Waals surface area (Å²) in [5.74, 6) is -0.112. The zero-order chi connectivity index (χ0) is 16.2. The average molecular weight is 405 g/mol. The first-order chi connectivity index (χ1) is 11.1. The smallest absolute Gasteiger partial charge is 0.267 e. The number of thioether (sulfide) groups is 1. The van der Waals surface area contributed by atoms with Gasteiger partial charge in [0.1, 0.15) is 0 Å². The van der Waals surface area contributed by atoms with Gasteiger partial charge in [-0.05, 0) is 29.3 Å². The van der Waals surface area contributed by atoms with E-state index < -0.39 is 0 Å². The third kappa shape index (κ3) is 4.09. The number of halogens is 1. The maximum atomic E-state index is 12.5. The van der Waals surface area contributed by atoms with Gasteiger partial charge < -0.3 is 0 Å². The number of benzene rings is 2. The minimum absolute atomic E-state index is 0.112. The molecule has 2 aromatic carbocycles. The Labute approximate surface area is 152 Å². The number of thiocarbonyl (C=S) groups is 1. The third-order valence-corrected chi connectivity index (χ3v) is 5.08. The van der Waals surface area contributed by atoms with Crippen LogP contribution in [0, 0.1) is 0 Å². The van der Waals surface area contributed by atoms with Crippen molar-refractivity contribution in [3.8, 4) is 0 Å². The molecule has 116 valence electrons. The van der Waals surface area contributed by atoms with Crippen LogP contribution >= 0.6 is 39.9 Å². The number of amides is 1. The molecule has 3 nitrogen and oxygen atoms in total. The van der Waals surface area contributed by atoms with E-state index in [0.717, 1.165) is 15.6 Å². The maximum Gasteiger partial charge on any atom is 0.280 e. The molecule has 1 fully saturated rings. The molecule has 0 aromatic heterocycles. The molecule has 0 spiro atoms. The highest BCUT2D eigenvalue weighted by atomic mass is 79.9. The molecule has 0 radical (unpaired) electrons. The highest BCUT2D eigenvalue weighted by molar-refractivity contribution is 9.10. The van der Waals surface area contributed by atoms with E-state index in [1.54, 1.807) is 0 Å². The van der Waals surface area contributed by atoms with Gasteiger partial charge >= 0.3 is 0 Å². The molecule has 1 saturated heterocycles. The second kappa shape index (κ2) is 7.40. The molecule has 2 aromatic rings. The standard InChI is InChI=1S/C17H13BrN2OS2/c18-14-8-6-12(7-9-14)10-15-16(21)20(17(22)23-15)19-11-13-4-2-1-3-5-13/h1-10,19H,11H2/b15-10+. The number of hydrogen-bond acceptors (Lipinski definition) is 4. The second-order valence-corrected chi connectivity index (χ2v) is 7.48. The lowest BCUT2D eigenvalue weighted by molar-refractivity contribution is -0.124. The van der Waals surface area contributed by atoms with Gasteiger partial charge in [-0.15, -0.1) is 0 Å². The number of rotatable bonds is 4. The van der Waals surface area contributed by atoms with Crippen LogP contribution < -0.4 is 5.43 Å². The molecule has 0 aliphatic carbocycles. The Morgan fingerprint density at radius 1 is 1.13 bits per heavy atom. The summed E-state index contributed by atoms with van der Waals surface area (Å²) in [6.07, 6.45) is 1.86. The zero-order valence-electron chi connectivity index (χ0n) is 12.0. The van der Waals surface area contributed by atoms with Crippen LogP contribution in [0.4, 0.5) is 0 Å². The fourth-order valence-electron chi connectivity index (χ4n) is 2.08. The van der Waals surface area contributed by atoms with Crippen LogP contribution in [0.1, 0.15) is 11.1 Å². The van der Waals surface area contributed by atoms with E-state index >= 15 is 0 Å². The average Bonchev–Trinajstić information content (AvgIpc) is 2.82. The topological polar surface area (TPSA) is 32.3 Å². The van der Waals surface area contributed by atoms with E-state index in [4.69, 9.17) is 12.2 Å². The molecule has 1 aliphatic heterocycles. The number of nitrogens with zero attached hydrogens (tertiary/aromatic N) is 1. The summed E-state index contributed by atoms with van der Waals surface area (Å²) in [6.45, 7) is 0.554. The van der Waals surface area contributed by atoms with Gasteiger partial charge in [-0.1, -0.05) is 82.4 Å². The van der Waals surface area contributed by atoms with Crippen molar-refractivity contribution in [2.24, 2.45) is 0 Å². The number of nitrogens with one attached hydrogen (secondary N) is 1. The van der Waals surface area contributed by atoms with Crippen molar-refractivity contribution >= 4 is 56.2 Å². The normalized spacial score (nSPS) is 16.4. The summed E-state index contributed by atoms with van der Waals surface area (Å²) < 4.78 is 1.53. The fourth-order valence-corrected chi connectivity index (χ4v) is 3.56. The number of carbonyl (C=O) groups is 1. The molecule has 0 atom stereocenters. The third-order valence-electron chi connectivity index (χ3n) is 3.25. The zero-order valence-corrected chi connectivity index (χ0v) is 15.2. The molecule has 1 heterocycles. The van der Waals surface area contributed by atoms with Gasteiger partial charge in [0.2, 0.25) is 0 Å².